The fourth-order valence-corrected chi connectivity index (χ4v) is 1.11. The number of aromatic amines is 2. The van der Waals surface area contributed by atoms with Gasteiger partial charge in [-0.1, -0.05) is 11.8 Å². The van der Waals surface area contributed by atoms with Gasteiger partial charge in [-0.15, -0.1) is 12.8 Å². The molecule has 0 amide bonds. The standard InChI is InChI=1S/C7H4N2O3.C6H4N2O/c1-2-5-3-8-7(12)9(4-10)6(5)11;1-2-5-3-7-6(9)8-4-5/h1,3-4H,(H,8,12);1,3-4H,(H,7,8,9). The number of terminal acetylenes is 2. The number of rotatable bonds is 1. The van der Waals surface area contributed by atoms with Gasteiger partial charge in [0.05, 0.1) is 5.56 Å². The van der Waals surface area contributed by atoms with E-state index in [9.17, 15) is 19.2 Å². The van der Waals surface area contributed by atoms with Gasteiger partial charge in [0.2, 0.25) is 6.41 Å². The molecule has 8 nitrogen and oxygen atoms in total. The van der Waals surface area contributed by atoms with Gasteiger partial charge < -0.3 is 9.97 Å². The number of carbonyl (C=O) groups is 1. The molecule has 2 heterocycles. The molecule has 0 fully saturated rings. The second-order valence-electron chi connectivity index (χ2n) is 3.38. The second-order valence-corrected chi connectivity index (χ2v) is 3.38. The zero-order chi connectivity index (χ0) is 15.8. The van der Waals surface area contributed by atoms with Crippen molar-refractivity contribution in [3.63, 3.8) is 0 Å². The molecular weight excluding hydrogens is 276 g/mol. The lowest BCUT2D eigenvalue weighted by atomic mass is 10.3. The first-order valence-electron chi connectivity index (χ1n) is 5.31. The Balaban J connectivity index is 0.000000219. The number of nitrogens with zero attached hydrogens (tertiary/aromatic N) is 2. The quantitative estimate of drug-likeness (QED) is 0.478. The van der Waals surface area contributed by atoms with E-state index in [4.69, 9.17) is 12.8 Å². The molecule has 2 N–H and O–H groups in total. The SMILES string of the molecule is C#Cc1c[nH]c(=O)n(C=O)c1=O.C#Cc1cnc(=O)[nH]c1. The Hall–Kier alpha value is -3.65. The summed E-state index contributed by atoms with van der Waals surface area (Å²) in [6.07, 6.45) is 13.9. The largest absolute Gasteiger partial charge is 0.344 e. The summed E-state index contributed by atoms with van der Waals surface area (Å²) in [7, 11) is 0. The van der Waals surface area contributed by atoms with E-state index in [1.54, 1.807) is 0 Å². The van der Waals surface area contributed by atoms with Crippen LogP contribution in [0.2, 0.25) is 0 Å². The smallest absolute Gasteiger partial charge is 0.312 e. The highest BCUT2D eigenvalue weighted by Crippen LogP contribution is 1.83. The van der Waals surface area contributed by atoms with Crippen LogP contribution in [0.1, 0.15) is 11.1 Å². The fourth-order valence-electron chi connectivity index (χ4n) is 1.11. The highest BCUT2D eigenvalue weighted by Gasteiger charge is 2.02. The first-order valence-corrected chi connectivity index (χ1v) is 5.31. The van der Waals surface area contributed by atoms with Crippen LogP contribution in [-0.4, -0.2) is 25.9 Å². The number of aromatic nitrogens is 4. The zero-order valence-electron chi connectivity index (χ0n) is 10.5. The van der Waals surface area contributed by atoms with Gasteiger partial charge in [0.25, 0.3) is 5.56 Å². The molecule has 2 rings (SSSR count). The Morgan fingerprint density at radius 2 is 1.86 bits per heavy atom. The monoisotopic (exact) mass is 284 g/mol. The number of nitrogens with one attached hydrogen (secondary N) is 2. The van der Waals surface area contributed by atoms with Crippen LogP contribution < -0.4 is 16.9 Å². The molecule has 0 aliphatic heterocycles. The van der Waals surface area contributed by atoms with Gasteiger partial charge in [0.1, 0.15) is 5.56 Å². The topological polar surface area (TPSA) is 118 Å². The number of hydrogen-bond donors (Lipinski definition) is 2. The van der Waals surface area contributed by atoms with Gasteiger partial charge in [0, 0.05) is 18.6 Å². The van der Waals surface area contributed by atoms with Crippen LogP contribution >= 0.6 is 0 Å². The summed E-state index contributed by atoms with van der Waals surface area (Å²) in [4.78, 5) is 50.1. The Labute approximate surface area is 117 Å². The third kappa shape index (κ3) is 3.91. The minimum atomic E-state index is -0.797. The molecule has 8 heteroatoms. The van der Waals surface area contributed by atoms with E-state index in [1.165, 1.54) is 12.4 Å². The predicted molar refractivity (Wildman–Crippen MR) is 74.2 cm³/mol. The van der Waals surface area contributed by atoms with Crippen LogP contribution in [0.5, 0.6) is 0 Å². The van der Waals surface area contributed by atoms with Gasteiger partial charge in [-0.2, -0.15) is 4.57 Å². The fraction of sp³-hybridized carbons (Fsp3) is 0. The lowest BCUT2D eigenvalue weighted by Gasteiger charge is -1.92. The molecule has 0 bridgehead atoms. The van der Waals surface area contributed by atoms with E-state index in [1.807, 2.05) is 5.92 Å². The van der Waals surface area contributed by atoms with Gasteiger partial charge in [-0.25, -0.2) is 14.6 Å². The molecule has 0 radical (unpaired) electrons. The summed E-state index contributed by atoms with van der Waals surface area (Å²) in [5, 5.41) is 0. The number of carbonyl (C=O) groups excluding carboxylic acids is 1. The van der Waals surface area contributed by atoms with Crippen molar-refractivity contribution in [3.05, 3.63) is 61.0 Å². The molecule has 2 aromatic rings. The Morgan fingerprint density at radius 3 is 2.33 bits per heavy atom. The van der Waals surface area contributed by atoms with Crippen LogP contribution in [0.15, 0.2) is 33.0 Å². The third-order valence-electron chi connectivity index (χ3n) is 2.11. The van der Waals surface area contributed by atoms with Crippen LogP contribution in [0, 0.1) is 24.7 Å². The van der Waals surface area contributed by atoms with Crippen LogP contribution in [0.3, 0.4) is 0 Å². The first-order chi connectivity index (χ1) is 10.0. The van der Waals surface area contributed by atoms with Crippen LogP contribution in [0.4, 0.5) is 0 Å². The molecule has 104 valence electrons. The molecule has 0 aromatic carbocycles. The van der Waals surface area contributed by atoms with Crippen molar-refractivity contribution >= 4 is 6.41 Å². The van der Waals surface area contributed by atoms with E-state index in [0.29, 0.717) is 10.1 Å². The minimum Gasteiger partial charge on any atom is -0.312 e. The van der Waals surface area contributed by atoms with E-state index < -0.39 is 11.2 Å². The normalized spacial score (nSPS) is 8.67. The summed E-state index contributed by atoms with van der Waals surface area (Å²) in [6.45, 7) is 0. The maximum Gasteiger partial charge on any atom is 0.344 e. The van der Waals surface area contributed by atoms with Crippen LogP contribution in [-0.2, 0) is 4.79 Å². The molecule has 0 aliphatic rings. The van der Waals surface area contributed by atoms with Crippen molar-refractivity contribution in [2.45, 2.75) is 0 Å². The van der Waals surface area contributed by atoms with Crippen molar-refractivity contribution in [2.75, 3.05) is 0 Å². The van der Waals surface area contributed by atoms with Crippen LogP contribution in [0.25, 0.3) is 0 Å². The highest BCUT2D eigenvalue weighted by molar-refractivity contribution is 5.52. The molecule has 0 atom stereocenters. The van der Waals surface area contributed by atoms with E-state index in [0.717, 1.165) is 6.20 Å². The summed E-state index contributed by atoms with van der Waals surface area (Å²) in [5.41, 5.74) is -1.43. The lowest BCUT2D eigenvalue weighted by Crippen LogP contribution is -2.35. The summed E-state index contributed by atoms with van der Waals surface area (Å²) in [6, 6.07) is 0. The molecule has 0 saturated carbocycles. The summed E-state index contributed by atoms with van der Waals surface area (Å²) < 4.78 is 0.370. The second kappa shape index (κ2) is 7.07. The average Bonchev–Trinajstić information content (AvgIpc) is 2.49. The Bertz CT molecular complexity index is 885. The van der Waals surface area contributed by atoms with E-state index >= 15 is 0 Å². The van der Waals surface area contributed by atoms with E-state index in [2.05, 4.69) is 20.9 Å². The summed E-state index contributed by atoms with van der Waals surface area (Å²) >= 11 is 0. The predicted octanol–water partition coefficient (Wildman–Crippen LogP) is -1.69. The molecule has 2 aromatic heterocycles. The molecular formula is C13H8N4O4. The molecule has 0 spiro atoms. The number of hydrogen-bond acceptors (Lipinski definition) is 5. The van der Waals surface area contributed by atoms with Crippen molar-refractivity contribution < 1.29 is 4.79 Å². The van der Waals surface area contributed by atoms with Crippen molar-refractivity contribution in [2.24, 2.45) is 0 Å². The Morgan fingerprint density at radius 1 is 1.14 bits per heavy atom. The van der Waals surface area contributed by atoms with Gasteiger partial charge in [-0.3, -0.25) is 9.59 Å². The van der Waals surface area contributed by atoms with Gasteiger partial charge in [0.15, 0.2) is 0 Å². The highest BCUT2D eigenvalue weighted by atomic mass is 16.2. The first kappa shape index (κ1) is 15.4. The third-order valence-corrected chi connectivity index (χ3v) is 2.11. The minimum absolute atomic E-state index is 0.0540. The molecule has 21 heavy (non-hydrogen) atoms. The van der Waals surface area contributed by atoms with Gasteiger partial charge in [-0.05, 0) is 0 Å². The van der Waals surface area contributed by atoms with Crippen molar-refractivity contribution in [1.82, 2.24) is 19.5 Å². The number of H-pyrrole nitrogens is 2. The molecule has 0 unspecified atom stereocenters. The van der Waals surface area contributed by atoms with E-state index in [-0.39, 0.29) is 17.7 Å². The maximum absolute atomic E-state index is 11.0. The lowest BCUT2D eigenvalue weighted by molar-refractivity contribution is 0.542. The van der Waals surface area contributed by atoms with Crippen molar-refractivity contribution in [3.8, 4) is 24.7 Å². The summed E-state index contributed by atoms with van der Waals surface area (Å²) in [5.74, 6) is 4.36. The molecule has 0 aliphatic carbocycles. The van der Waals surface area contributed by atoms with Crippen molar-refractivity contribution in [1.29, 1.82) is 0 Å². The maximum atomic E-state index is 11.0. The average molecular weight is 284 g/mol. The zero-order valence-corrected chi connectivity index (χ0v) is 10.5. The van der Waals surface area contributed by atoms with Gasteiger partial charge >= 0.3 is 11.4 Å². The Kier molecular flexibility index (Phi) is 5.18. The molecule has 0 saturated heterocycles.